The minimum atomic E-state index is -1.24. The maximum Gasteiger partial charge on any atom is 0.254 e. The van der Waals surface area contributed by atoms with Crippen molar-refractivity contribution in [3.05, 3.63) is 29.6 Å². The molecule has 1 aromatic rings. The van der Waals surface area contributed by atoms with Gasteiger partial charge in [0.1, 0.15) is 12.5 Å². The largest absolute Gasteiger partial charge is 0.396 e. The molecule has 0 aliphatic heterocycles. The molecular weight excluding hydrogens is 318 g/mol. The van der Waals surface area contributed by atoms with Crippen LogP contribution in [0.1, 0.15) is 34.6 Å². The third kappa shape index (κ3) is 5.53. The third-order valence-corrected chi connectivity index (χ3v) is 3.47. The van der Waals surface area contributed by atoms with E-state index in [1.807, 2.05) is 0 Å². The molecule has 134 valence electrons. The summed E-state index contributed by atoms with van der Waals surface area (Å²) in [4.78, 5) is 27.8. The van der Waals surface area contributed by atoms with Gasteiger partial charge < -0.3 is 31.1 Å². The molecule has 0 saturated heterocycles. The molecule has 1 heterocycles. The molecule has 0 radical (unpaired) electrons. The molecule has 0 spiro atoms. The van der Waals surface area contributed by atoms with Crippen molar-refractivity contribution in [3.8, 4) is 0 Å². The van der Waals surface area contributed by atoms with Crippen LogP contribution in [0.25, 0.3) is 0 Å². The predicted octanol–water partition coefficient (Wildman–Crippen LogP) is -1.57. The first-order chi connectivity index (χ1) is 11.3. The molecule has 9 nitrogen and oxygen atoms in total. The van der Waals surface area contributed by atoms with Gasteiger partial charge in [0.25, 0.3) is 11.8 Å². The molecule has 9 heteroatoms. The molecule has 24 heavy (non-hydrogen) atoms. The molecule has 0 fully saturated rings. The van der Waals surface area contributed by atoms with Gasteiger partial charge in [-0.3, -0.25) is 14.6 Å². The number of carbonyl (C=O) groups excluding carboxylic acids is 2. The predicted molar refractivity (Wildman–Crippen MR) is 83.7 cm³/mol. The highest BCUT2D eigenvalue weighted by atomic mass is 16.3. The quantitative estimate of drug-likeness (QED) is 0.313. The lowest BCUT2D eigenvalue weighted by atomic mass is 10.1. The van der Waals surface area contributed by atoms with Crippen molar-refractivity contribution < 1.29 is 30.0 Å². The first kappa shape index (κ1) is 20.0. The highest BCUT2D eigenvalue weighted by molar-refractivity contribution is 5.99. The molecule has 0 bridgehead atoms. The monoisotopic (exact) mass is 341 g/mol. The van der Waals surface area contributed by atoms with Crippen LogP contribution in [0.5, 0.6) is 0 Å². The minimum Gasteiger partial charge on any atom is -0.396 e. The fraction of sp³-hybridized carbons (Fsp3) is 0.533. The maximum atomic E-state index is 12.0. The molecule has 0 aliphatic carbocycles. The average molecular weight is 341 g/mol. The van der Waals surface area contributed by atoms with E-state index in [2.05, 4.69) is 15.6 Å². The van der Waals surface area contributed by atoms with Crippen LogP contribution >= 0.6 is 0 Å². The number of hydrogen-bond donors (Lipinski definition) is 6. The van der Waals surface area contributed by atoms with Gasteiger partial charge in [0.15, 0.2) is 0 Å². The molecule has 6 N–H and O–H groups in total. The van der Waals surface area contributed by atoms with Gasteiger partial charge in [-0.05, 0) is 6.07 Å². The molecule has 2 amide bonds. The van der Waals surface area contributed by atoms with Gasteiger partial charge in [-0.1, -0.05) is 13.8 Å². The van der Waals surface area contributed by atoms with Gasteiger partial charge in [-0.25, -0.2) is 0 Å². The van der Waals surface area contributed by atoms with E-state index in [9.17, 15) is 19.8 Å². The number of pyridine rings is 1. The first-order valence-corrected chi connectivity index (χ1v) is 7.44. The Hall–Kier alpha value is -2.07. The number of amides is 2. The van der Waals surface area contributed by atoms with Gasteiger partial charge in [0.2, 0.25) is 0 Å². The number of aliphatic hydroxyl groups excluding tert-OH is 4. The summed E-state index contributed by atoms with van der Waals surface area (Å²) < 4.78 is 0. The van der Waals surface area contributed by atoms with E-state index in [-0.39, 0.29) is 24.3 Å². The third-order valence-electron chi connectivity index (χ3n) is 3.47. The summed E-state index contributed by atoms with van der Waals surface area (Å²) >= 11 is 0. The van der Waals surface area contributed by atoms with Gasteiger partial charge in [0.05, 0.1) is 11.1 Å². The molecule has 1 aromatic heterocycles. The lowest BCUT2D eigenvalue weighted by Gasteiger charge is -2.19. The maximum absolute atomic E-state index is 12.0. The van der Waals surface area contributed by atoms with Crippen molar-refractivity contribution in [1.29, 1.82) is 0 Å². The van der Waals surface area contributed by atoms with Crippen LogP contribution in [0, 0.1) is 11.8 Å². The van der Waals surface area contributed by atoms with Crippen LogP contribution in [0.15, 0.2) is 18.5 Å². The highest BCUT2D eigenvalue weighted by Gasteiger charge is 2.20. The van der Waals surface area contributed by atoms with Crippen molar-refractivity contribution in [2.24, 2.45) is 11.8 Å². The summed E-state index contributed by atoms with van der Waals surface area (Å²) in [6.45, 7) is 2.50. The first-order valence-electron chi connectivity index (χ1n) is 7.44. The second-order valence-corrected chi connectivity index (χ2v) is 5.62. The second kappa shape index (κ2) is 9.28. The van der Waals surface area contributed by atoms with Gasteiger partial charge in [0, 0.05) is 37.4 Å². The Kier molecular flexibility index (Phi) is 7.72. The summed E-state index contributed by atoms with van der Waals surface area (Å²) in [5.74, 6) is -2.42. The lowest BCUT2D eigenvalue weighted by Crippen LogP contribution is -2.41. The number of aromatic nitrogens is 1. The summed E-state index contributed by atoms with van der Waals surface area (Å²) in [6, 6.07) is 1.25. The van der Waals surface area contributed by atoms with Crippen LogP contribution in [0.2, 0.25) is 0 Å². The summed E-state index contributed by atoms with van der Waals surface area (Å²) in [6.07, 6.45) is -0.0517. The van der Waals surface area contributed by atoms with Gasteiger partial charge >= 0.3 is 0 Å². The average Bonchev–Trinajstić information content (AvgIpc) is 2.59. The normalized spacial score (nSPS) is 15.9. The fourth-order valence-electron chi connectivity index (χ4n) is 1.61. The molecule has 0 aromatic carbocycles. The number of carbonyl (C=O) groups is 2. The van der Waals surface area contributed by atoms with E-state index in [1.165, 1.54) is 18.5 Å². The number of hydrogen-bond acceptors (Lipinski definition) is 7. The Morgan fingerprint density at radius 3 is 1.67 bits per heavy atom. The topological polar surface area (TPSA) is 152 Å². The Morgan fingerprint density at radius 2 is 1.33 bits per heavy atom. The van der Waals surface area contributed by atoms with E-state index in [0.717, 1.165) is 0 Å². The Labute approximate surface area is 139 Å². The van der Waals surface area contributed by atoms with Crippen LogP contribution in [-0.4, -0.2) is 62.9 Å². The zero-order valence-corrected chi connectivity index (χ0v) is 13.5. The van der Waals surface area contributed by atoms with Crippen molar-refractivity contribution >= 4 is 11.8 Å². The van der Waals surface area contributed by atoms with Gasteiger partial charge in [-0.2, -0.15) is 0 Å². The standard InChI is InChI=1S/C15H23N3O6/c1-8(6-19)12(21)17-14(23)10-3-11(5-16-4-10)15(24)18-13(22)9(2)7-20/h3-5,8-9,12-13,19-22H,6-7H2,1-2H3,(H,17,23)(H,18,24). The lowest BCUT2D eigenvalue weighted by molar-refractivity contribution is 0.0434. The van der Waals surface area contributed by atoms with Crippen molar-refractivity contribution in [3.63, 3.8) is 0 Å². The Balaban J connectivity index is 2.79. The zero-order valence-electron chi connectivity index (χ0n) is 13.5. The van der Waals surface area contributed by atoms with E-state index < -0.39 is 36.1 Å². The van der Waals surface area contributed by atoms with Crippen molar-refractivity contribution in [2.45, 2.75) is 26.3 Å². The molecule has 0 aliphatic rings. The van der Waals surface area contributed by atoms with E-state index in [4.69, 9.17) is 10.2 Å². The van der Waals surface area contributed by atoms with Crippen molar-refractivity contribution in [2.75, 3.05) is 13.2 Å². The number of nitrogens with zero attached hydrogens (tertiary/aromatic N) is 1. The van der Waals surface area contributed by atoms with E-state index >= 15 is 0 Å². The Bertz CT molecular complexity index is 523. The number of nitrogens with one attached hydrogen (secondary N) is 2. The van der Waals surface area contributed by atoms with Crippen LogP contribution in [0.4, 0.5) is 0 Å². The minimum absolute atomic E-state index is 0.0385. The SMILES string of the molecule is CC(CO)C(O)NC(=O)c1cncc(C(=O)NC(O)C(C)CO)c1. The van der Waals surface area contributed by atoms with Crippen LogP contribution < -0.4 is 10.6 Å². The van der Waals surface area contributed by atoms with Crippen molar-refractivity contribution in [1.82, 2.24) is 15.6 Å². The van der Waals surface area contributed by atoms with Gasteiger partial charge in [-0.15, -0.1) is 0 Å². The fourth-order valence-corrected chi connectivity index (χ4v) is 1.61. The van der Waals surface area contributed by atoms with E-state index in [1.54, 1.807) is 13.8 Å². The second-order valence-electron chi connectivity index (χ2n) is 5.62. The highest BCUT2D eigenvalue weighted by Crippen LogP contribution is 2.07. The summed E-state index contributed by atoms with van der Waals surface area (Å²) in [5, 5.41) is 41.8. The molecule has 1 rings (SSSR count). The van der Waals surface area contributed by atoms with E-state index in [0.29, 0.717) is 0 Å². The molecular formula is C15H23N3O6. The van der Waals surface area contributed by atoms with Crippen LogP contribution in [-0.2, 0) is 0 Å². The summed E-state index contributed by atoms with van der Waals surface area (Å²) in [5.41, 5.74) is 0.0769. The number of rotatable bonds is 8. The molecule has 4 unspecified atom stereocenters. The molecule has 4 atom stereocenters. The zero-order chi connectivity index (χ0) is 18.3. The Morgan fingerprint density at radius 1 is 0.958 bits per heavy atom. The summed E-state index contributed by atoms with van der Waals surface area (Å²) in [7, 11) is 0. The molecule has 0 saturated carbocycles. The number of aliphatic hydroxyl groups is 4. The van der Waals surface area contributed by atoms with Crippen LogP contribution in [0.3, 0.4) is 0 Å². The smallest absolute Gasteiger partial charge is 0.254 e.